The maximum Gasteiger partial charge on any atom is 0.397 e. The summed E-state index contributed by atoms with van der Waals surface area (Å²) in [5.74, 6) is -2.39. The van der Waals surface area contributed by atoms with Gasteiger partial charge in [0.1, 0.15) is 35.6 Å². The molecule has 26 heteroatoms. The van der Waals surface area contributed by atoms with Crippen molar-refractivity contribution in [2.45, 2.75) is 281 Å². The minimum Gasteiger partial charge on any atom is -0.481 e. The normalized spacial score (nSPS) is 50.2. The van der Waals surface area contributed by atoms with Gasteiger partial charge in [-0.2, -0.15) is 16.8 Å². The second-order valence-corrected chi connectivity index (χ2v) is 28.1. The summed E-state index contributed by atoms with van der Waals surface area (Å²) in [5.41, 5.74) is -5.10. The van der Waals surface area contributed by atoms with Crippen molar-refractivity contribution in [1.82, 2.24) is 0 Å². The zero-order valence-electron chi connectivity index (χ0n) is 46.7. The molecule has 458 valence electrons. The maximum atomic E-state index is 12.3. The van der Waals surface area contributed by atoms with Gasteiger partial charge in [-0.25, -0.2) is 8.37 Å². The monoisotopic (exact) mass is 1190 g/mol. The molecule has 6 N–H and O–H groups in total. The van der Waals surface area contributed by atoms with Gasteiger partial charge in [0.15, 0.2) is 0 Å². The average Bonchev–Trinajstić information content (AvgIpc) is 3.76. The third-order valence-corrected chi connectivity index (χ3v) is 21.0. The van der Waals surface area contributed by atoms with Crippen molar-refractivity contribution < 1.29 is 112 Å². The summed E-state index contributed by atoms with van der Waals surface area (Å²) in [4.78, 5) is 11.8. The molecule has 0 aliphatic carbocycles. The van der Waals surface area contributed by atoms with Crippen LogP contribution in [0.15, 0.2) is 37.0 Å². The van der Waals surface area contributed by atoms with Crippen LogP contribution in [-0.4, -0.2) is 215 Å². The van der Waals surface area contributed by atoms with Gasteiger partial charge in [0.05, 0.1) is 133 Å². The Morgan fingerprint density at radius 2 is 1.32 bits per heavy atom. The second-order valence-electron chi connectivity index (χ2n) is 26.0. The van der Waals surface area contributed by atoms with Gasteiger partial charge >= 0.3 is 26.8 Å². The molecule has 11 rings (SSSR count). The lowest BCUT2D eigenvalue weighted by atomic mass is 9.74. The molecular weight excluding hydrogens is 1110 g/mol. The number of carbonyl (C=O) groups is 1. The SMILES string of the molecule is C=CC(O)C(C/C=C/[C@@](C)(O)[C@H]1O[C@@H]2C[C@@H]3O[C@@H]4C[C@@H]5O[C@@H]6C[C@@H]7O[C@@H]8C[C@@H]9O[C@@H]%10C[C@@H]%11O[C@](C)(CCOS(=O)(=O)O)[C@@H](OS(=O)(=O)O)C[C@H]%11O[C@H]%10C[C@H]9O[C@H]8CC[C@@]7(C)O[C@@]6(C)C[C@H](C)[C@H]5O[C@H]4[C@@H](O)[C@@]3(C)O[C@H]2CC1=C)C(=O)O. The van der Waals surface area contributed by atoms with Gasteiger partial charge in [-0.3, -0.25) is 13.9 Å². The van der Waals surface area contributed by atoms with Gasteiger partial charge in [0.2, 0.25) is 0 Å². The number of hydrogen-bond donors (Lipinski definition) is 6. The Bertz CT molecular complexity index is 2640. The number of carboxylic acid groups (broad SMARTS) is 1. The third kappa shape index (κ3) is 11.8. The number of hydrogen-bond acceptors (Lipinski definition) is 21. The first-order valence-corrected chi connectivity index (χ1v) is 31.5. The van der Waals surface area contributed by atoms with Crippen molar-refractivity contribution >= 4 is 26.8 Å². The van der Waals surface area contributed by atoms with E-state index in [1.165, 1.54) is 19.1 Å². The summed E-state index contributed by atoms with van der Waals surface area (Å²) in [6.45, 7) is 18.5. The minimum absolute atomic E-state index is 0.0113. The van der Waals surface area contributed by atoms with E-state index < -0.39 is 165 Å². The lowest BCUT2D eigenvalue weighted by molar-refractivity contribution is -0.361. The molecule has 0 amide bonds. The summed E-state index contributed by atoms with van der Waals surface area (Å²) in [7, 11) is -9.76. The highest BCUT2D eigenvalue weighted by molar-refractivity contribution is 7.81. The van der Waals surface area contributed by atoms with Crippen molar-refractivity contribution in [2.75, 3.05) is 6.61 Å². The number of aliphatic carboxylic acids is 1. The van der Waals surface area contributed by atoms with E-state index in [0.29, 0.717) is 69.8 Å². The van der Waals surface area contributed by atoms with E-state index in [1.54, 1.807) is 6.92 Å². The molecule has 0 spiro atoms. The molecule has 0 aromatic carbocycles. The van der Waals surface area contributed by atoms with Crippen molar-refractivity contribution in [3.8, 4) is 0 Å². The van der Waals surface area contributed by atoms with Crippen LogP contribution in [0.25, 0.3) is 0 Å². The quantitative estimate of drug-likeness (QED) is 0.114. The molecule has 11 heterocycles. The standard InChI is InChI=1S/C55H82O24S2/c1-9-29(56)28(50(58)59)11-10-13-51(4,60)49-26(2)17-38-37(74-49)23-45-55(8,77-38)48(57)47-41(73-45)21-40-46(75-47)27(3)25-54(7)43(72-40)24-42-53(6,79-54)14-12-30-31(71-42)18-33-32(68-30)19-34-35(69-33)20-39-36(70-34)22-44(78-81(64,65)66)52(5,76-39)15-16-67-80(61,62)63/h9-10,13,27-49,56-57,60H,1-2,11-12,14-25H2,3-8H3,(H,58,59)(H,61,62,63)(H,64,65,66)/b13-10+/t27-,28?,29?,30-,31+,32+,33-,34-,35+,36+,37+,38-,39-,40-,41+,42-,43+,44-,45-,46+,47+,48+,49-,51+,52+,53+,54-,55-/m0/s1. The van der Waals surface area contributed by atoms with E-state index in [0.717, 1.165) is 6.08 Å². The van der Waals surface area contributed by atoms with Gasteiger partial charge in [0.25, 0.3) is 0 Å². The van der Waals surface area contributed by atoms with Crippen LogP contribution >= 0.6 is 0 Å². The lowest BCUT2D eigenvalue weighted by Gasteiger charge is -2.59. The largest absolute Gasteiger partial charge is 0.481 e. The Kier molecular flexibility index (Phi) is 16.4. The van der Waals surface area contributed by atoms with Crippen LogP contribution in [0.2, 0.25) is 0 Å². The van der Waals surface area contributed by atoms with Gasteiger partial charge < -0.3 is 72.5 Å². The predicted molar refractivity (Wildman–Crippen MR) is 279 cm³/mol. The molecule has 2 unspecified atom stereocenters. The number of allylic oxidation sites excluding steroid dienone is 1. The first kappa shape index (κ1) is 60.6. The van der Waals surface area contributed by atoms with Gasteiger partial charge in [-0.05, 0) is 78.2 Å². The van der Waals surface area contributed by atoms with E-state index in [-0.39, 0.29) is 55.7 Å². The highest BCUT2D eigenvalue weighted by Gasteiger charge is 2.66. The minimum atomic E-state index is -4.96. The fraction of sp³-hybridized carbons (Fsp3) is 0.873. The molecular formula is C55H82O24S2. The molecule has 24 nitrogen and oxygen atoms in total. The summed E-state index contributed by atoms with van der Waals surface area (Å²) in [6.07, 6.45) is -3.64. The van der Waals surface area contributed by atoms with Crippen LogP contribution in [0, 0.1) is 11.8 Å². The third-order valence-electron chi connectivity index (χ3n) is 20.0. The van der Waals surface area contributed by atoms with Crippen LogP contribution in [0.5, 0.6) is 0 Å². The van der Waals surface area contributed by atoms with Crippen molar-refractivity contribution in [3.63, 3.8) is 0 Å². The molecule has 0 radical (unpaired) electrons. The number of ether oxygens (including phenoxy) is 11. The number of carboxylic acids is 1. The maximum absolute atomic E-state index is 12.3. The molecule has 11 fully saturated rings. The van der Waals surface area contributed by atoms with Crippen LogP contribution < -0.4 is 0 Å². The zero-order chi connectivity index (χ0) is 58.1. The molecule has 11 aliphatic heterocycles. The molecule has 0 aromatic rings. The lowest BCUT2D eigenvalue weighted by Crippen LogP contribution is -2.73. The summed E-state index contributed by atoms with van der Waals surface area (Å²) >= 11 is 0. The van der Waals surface area contributed by atoms with E-state index in [1.807, 2.05) is 6.92 Å². The van der Waals surface area contributed by atoms with Gasteiger partial charge in [-0.15, -0.1) is 6.58 Å². The Labute approximate surface area is 473 Å². The topological polar surface area (TPSA) is 327 Å². The molecule has 28 atom stereocenters. The van der Waals surface area contributed by atoms with Crippen LogP contribution in [0.4, 0.5) is 0 Å². The summed E-state index contributed by atoms with van der Waals surface area (Å²) in [5, 5.41) is 43.8. The Morgan fingerprint density at radius 1 is 0.741 bits per heavy atom. The first-order valence-electron chi connectivity index (χ1n) is 28.7. The van der Waals surface area contributed by atoms with E-state index >= 15 is 0 Å². The second kappa shape index (κ2) is 21.9. The van der Waals surface area contributed by atoms with E-state index in [4.69, 9.17) is 60.8 Å². The average molecular weight is 1190 g/mol. The van der Waals surface area contributed by atoms with Gasteiger partial charge in [0, 0.05) is 51.4 Å². The number of aliphatic hydroxyl groups is 3. The number of rotatable bonds is 13. The molecule has 0 saturated carbocycles. The van der Waals surface area contributed by atoms with Crippen LogP contribution in [0.1, 0.15) is 125 Å². The predicted octanol–water partition coefficient (Wildman–Crippen LogP) is 3.18. The molecule has 81 heavy (non-hydrogen) atoms. The number of aliphatic hydroxyl groups excluding tert-OH is 2. The highest BCUT2D eigenvalue weighted by Crippen LogP contribution is 2.55. The molecule has 0 aromatic heterocycles. The fourth-order valence-corrected chi connectivity index (χ4v) is 16.7. The van der Waals surface area contributed by atoms with Crippen molar-refractivity contribution in [2.24, 2.45) is 11.8 Å². The van der Waals surface area contributed by atoms with Crippen molar-refractivity contribution in [3.05, 3.63) is 37.0 Å². The zero-order valence-corrected chi connectivity index (χ0v) is 48.3. The van der Waals surface area contributed by atoms with E-state index in [9.17, 15) is 46.6 Å². The van der Waals surface area contributed by atoms with Crippen LogP contribution in [-0.2, 0) is 86.1 Å². The first-order chi connectivity index (χ1) is 37.9. The molecule has 11 saturated heterocycles. The smallest absolute Gasteiger partial charge is 0.397 e. The molecule has 11 aliphatic rings. The Balaban J connectivity index is 0.735. The highest BCUT2D eigenvalue weighted by atomic mass is 32.3. The number of fused-ring (bicyclic) bond motifs is 10. The van der Waals surface area contributed by atoms with Gasteiger partial charge in [-0.1, -0.05) is 31.7 Å². The van der Waals surface area contributed by atoms with Crippen LogP contribution in [0.3, 0.4) is 0 Å². The summed E-state index contributed by atoms with van der Waals surface area (Å²) in [6, 6.07) is 0. The van der Waals surface area contributed by atoms with Crippen molar-refractivity contribution in [1.29, 1.82) is 0 Å². The molecule has 0 bridgehead atoms. The summed E-state index contributed by atoms with van der Waals surface area (Å²) < 4.78 is 150. The Morgan fingerprint density at radius 3 is 1.98 bits per heavy atom. The van der Waals surface area contributed by atoms with E-state index in [2.05, 4.69) is 38.1 Å². The Hall–Kier alpha value is -2.13. The fourth-order valence-electron chi connectivity index (χ4n) is 15.8.